The topological polar surface area (TPSA) is 103 Å². The number of ether oxygens (including phenoxy) is 4. The average Bonchev–Trinajstić information content (AvgIpc) is 3.20. The number of hydrogen-bond donors (Lipinski definition) is 1. The lowest BCUT2D eigenvalue weighted by Crippen LogP contribution is -2.42. The summed E-state index contributed by atoms with van der Waals surface area (Å²) in [6.07, 6.45) is 1.53. The fourth-order valence-corrected chi connectivity index (χ4v) is 6.09. The van der Waals surface area contributed by atoms with Crippen LogP contribution in [-0.2, 0) is 19.0 Å². The molecule has 0 saturated carbocycles. The number of esters is 2. The minimum atomic E-state index is -0.648. The zero-order valence-corrected chi connectivity index (χ0v) is 27.8. The second kappa shape index (κ2) is 14.6. The third kappa shape index (κ3) is 10.4. The number of methoxy groups -OCH3 is 1. The van der Waals surface area contributed by atoms with E-state index in [4.69, 9.17) is 18.9 Å². The van der Waals surface area contributed by atoms with Crippen LogP contribution in [0.3, 0.4) is 0 Å². The number of nitrogens with zero attached hydrogens (tertiary/aromatic N) is 1. The molecule has 2 heterocycles. The first-order valence-electron chi connectivity index (χ1n) is 13.2. The molecule has 1 saturated heterocycles. The highest BCUT2D eigenvalue weighted by molar-refractivity contribution is 9.10. The van der Waals surface area contributed by atoms with Gasteiger partial charge in [0.15, 0.2) is 17.2 Å². The van der Waals surface area contributed by atoms with E-state index in [0.717, 1.165) is 35.5 Å². The predicted octanol–water partition coefficient (Wildman–Crippen LogP) is 7.17. The normalized spacial score (nSPS) is 14.1. The number of halogens is 2. The van der Waals surface area contributed by atoms with Gasteiger partial charge in [0.25, 0.3) is 0 Å². The van der Waals surface area contributed by atoms with Gasteiger partial charge < -0.3 is 29.2 Å². The Morgan fingerprint density at radius 3 is 2.27 bits per heavy atom. The highest BCUT2D eigenvalue weighted by Crippen LogP contribution is 2.46. The molecule has 1 aromatic carbocycles. The Bertz CT molecular complexity index is 1210. The molecule has 0 radical (unpaired) electrons. The Kier molecular flexibility index (Phi) is 12.4. The van der Waals surface area contributed by atoms with Crippen molar-refractivity contribution in [3.8, 4) is 16.2 Å². The van der Waals surface area contributed by atoms with Gasteiger partial charge in [-0.2, -0.15) is 0 Å². The van der Waals surface area contributed by atoms with Gasteiger partial charge >= 0.3 is 18.0 Å². The molecule has 1 amide bonds. The summed E-state index contributed by atoms with van der Waals surface area (Å²) in [5.74, 6) is -0.420. The van der Waals surface area contributed by atoms with Crippen LogP contribution in [0, 0.1) is 5.92 Å². The SMILES string of the molecule is COC(=O)c1sc(-c2cccc(NCC3CCN(C(=O)OC(C)(C)C)CC3)c2)c(Br)c1OCC(=O)OC(C)(C)C.Cl. The number of anilines is 1. The van der Waals surface area contributed by atoms with Gasteiger partial charge in [0.05, 0.1) is 16.5 Å². The van der Waals surface area contributed by atoms with Crippen LogP contribution in [-0.4, -0.2) is 67.5 Å². The molecule has 228 valence electrons. The number of rotatable bonds is 8. The molecule has 0 unspecified atom stereocenters. The number of carbonyl (C=O) groups is 3. The summed E-state index contributed by atoms with van der Waals surface area (Å²) >= 11 is 4.79. The van der Waals surface area contributed by atoms with E-state index in [0.29, 0.717) is 23.5 Å². The molecular weight excluding hydrogens is 636 g/mol. The summed E-state index contributed by atoms with van der Waals surface area (Å²) in [5.41, 5.74) is 0.661. The van der Waals surface area contributed by atoms with E-state index in [2.05, 4.69) is 21.2 Å². The molecule has 2 aromatic rings. The van der Waals surface area contributed by atoms with Gasteiger partial charge in [0.2, 0.25) is 0 Å². The monoisotopic (exact) mass is 674 g/mol. The van der Waals surface area contributed by atoms with Crippen LogP contribution in [0.1, 0.15) is 64.1 Å². The van der Waals surface area contributed by atoms with E-state index in [1.165, 1.54) is 18.4 Å². The molecule has 9 nitrogen and oxygen atoms in total. The van der Waals surface area contributed by atoms with Gasteiger partial charge in [-0.05, 0) is 93.9 Å². The van der Waals surface area contributed by atoms with Crippen LogP contribution >= 0.6 is 39.7 Å². The highest BCUT2D eigenvalue weighted by Gasteiger charge is 2.28. The maximum atomic E-state index is 12.5. The smallest absolute Gasteiger partial charge is 0.410 e. The van der Waals surface area contributed by atoms with Crippen LogP contribution in [0.4, 0.5) is 10.5 Å². The summed E-state index contributed by atoms with van der Waals surface area (Å²) in [4.78, 5) is 39.9. The Morgan fingerprint density at radius 1 is 1.05 bits per heavy atom. The number of likely N-dealkylation sites (tertiary alicyclic amines) is 1. The van der Waals surface area contributed by atoms with Crippen molar-refractivity contribution in [2.75, 3.05) is 38.7 Å². The van der Waals surface area contributed by atoms with E-state index in [-0.39, 0.29) is 35.7 Å². The van der Waals surface area contributed by atoms with Crippen molar-refractivity contribution in [1.82, 2.24) is 4.90 Å². The minimum Gasteiger partial charge on any atom is -0.479 e. The maximum absolute atomic E-state index is 12.5. The number of benzene rings is 1. The fraction of sp³-hybridized carbons (Fsp3) is 0.552. The van der Waals surface area contributed by atoms with E-state index in [1.807, 2.05) is 45.0 Å². The standard InChI is InChI=1S/C29H39BrN2O7S.ClH/c1-28(2,3)38-21(33)17-37-23-22(30)24(40-25(23)26(34)36-7)19-9-8-10-20(15-19)31-16-18-11-13-32(14-12-18)27(35)39-29(4,5)6;/h8-10,15,18,31H,11-14,16-17H2,1-7H3;1H. The maximum Gasteiger partial charge on any atom is 0.410 e. The molecule has 1 fully saturated rings. The third-order valence-corrected chi connectivity index (χ3v) is 8.14. The van der Waals surface area contributed by atoms with Gasteiger partial charge in [-0.3, -0.25) is 0 Å². The lowest BCUT2D eigenvalue weighted by molar-refractivity contribution is -0.157. The van der Waals surface area contributed by atoms with Gasteiger partial charge in [-0.1, -0.05) is 12.1 Å². The summed E-state index contributed by atoms with van der Waals surface area (Å²) in [6.45, 7) is 12.7. The number of amides is 1. The summed E-state index contributed by atoms with van der Waals surface area (Å²) in [6, 6.07) is 7.88. The third-order valence-electron chi connectivity index (χ3n) is 5.92. The first-order valence-corrected chi connectivity index (χ1v) is 14.9. The lowest BCUT2D eigenvalue weighted by Gasteiger charge is -2.33. The molecule has 1 aliphatic rings. The van der Waals surface area contributed by atoms with Crippen molar-refractivity contribution in [3.63, 3.8) is 0 Å². The lowest BCUT2D eigenvalue weighted by atomic mass is 9.97. The molecule has 0 bridgehead atoms. The number of thiophene rings is 1. The van der Waals surface area contributed by atoms with Crippen molar-refractivity contribution in [1.29, 1.82) is 0 Å². The first-order chi connectivity index (χ1) is 18.7. The minimum absolute atomic E-state index is 0. The van der Waals surface area contributed by atoms with E-state index in [1.54, 1.807) is 25.7 Å². The molecule has 0 aliphatic carbocycles. The molecule has 12 heteroatoms. The van der Waals surface area contributed by atoms with Gasteiger partial charge in [0.1, 0.15) is 11.2 Å². The van der Waals surface area contributed by atoms with Crippen LogP contribution in [0.5, 0.6) is 5.75 Å². The van der Waals surface area contributed by atoms with Crippen LogP contribution < -0.4 is 10.1 Å². The van der Waals surface area contributed by atoms with Gasteiger partial charge in [0, 0.05) is 25.3 Å². The van der Waals surface area contributed by atoms with Gasteiger partial charge in [-0.15, -0.1) is 23.7 Å². The van der Waals surface area contributed by atoms with Crippen LogP contribution in [0.2, 0.25) is 0 Å². The summed E-state index contributed by atoms with van der Waals surface area (Å²) in [5, 5.41) is 3.51. The largest absolute Gasteiger partial charge is 0.479 e. The molecular formula is C29H40BrClN2O7S. The second-order valence-electron chi connectivity index (χ2n) is 11.6. The van der Waals surface area contributed by atoms with E-state index >= 15 is 0 Å². The van der Waals surface area contributed by atoms with Crippen molar-refractivity contribution in [2.45, 2.75) is 65.6 Å². The number of piperidine rings is 1. The average molecular weight is 676 g/mol. The van der Waals surface area contributed by atoms with Crippen LogP contribution in [0.25, 0.3) is 10.4 Å². The van der Waals surface area contributed by atoms with Crippen LogP contribution in [0.15, 0.2) is 28.7 Å². The Balaban J connectivity index is 0.00000588. The van der Waals surface area contributed by atoms with E-state index in [9.17, 15) is 14.4 Å². The molecule has 41 heavy (non-hydrogen) atoms. The second-order valence-corrected chi connectivity index (χ2v) is 13.5. The number of nitrogens with one attached hydrogen (secondary N) is 1. The zero-order valence-electron chi connectivity index (χ0n) is 24.6. The Hall–Kier alpha value is -2.50. The molecule has 0 spiro atoms. The van der Waals surface area contributed by atoms with Crippen molar-refractivity contribution < 1.29 is 33.3 Å². The molecule has 0 atom stereocenters. The van der Waals surface area contributed by atoms with Crippen molar-refractivity contribution in [2.24, 2.45) is 5.92 Å². The summed E-state index contributed by atoms with van der Waals surface area (Å²) in [7, 11) is 1.30. The van der Waals surface area contributed by atoms with Gasteiger partial charge in [-0.25, -0.2) is 14.4 Å². The number of hydrogen-bond acceptors (Lipinski definition) is 9. The van der Waals surface area contributed by atoms with Crippen molar-refractivity contribution in [3.05, 3.63) is 33.6 Å². The Labute approximate surface area is 260 Å². The fourth-order valence-electron chi connectivity index (χ4n) is 4.12. The molecule has 1 aromatic heterocycles. The first kappa shape index (κ1) is 34.7. The predicted molar refractivity (Wildman–Crippen MR) is 166 cm³/mol. The Morgan fingerprint density at radius 2 is 1.68 bits per heavy atom. The molecule has 1 aliphatic heterocycles. The summed E-state index contributed by atoms with van der Waals surface area (Å²) < 4.78 is 22.1. The van der Waals surface area contributed by atoms with Crippen molar-refractivity contribution >= 4 is 63.4 Å². The highest BCUT2D eigenvalue weighted by atomic mass is 79.9. The zero-order chi connectivity index (χ0) is 29.7. The molecule has 3 rings (SSSR count). The molecule has 1 N–H and O–H groups in total. The quantitative estimate of drug-likeness (QED) is 0.232. The number of carbonyl (C=O) groups excluding carboxylic acids is 3. The van der Waals surface area contributed by atoms with E-state index < -0.39 is 23.1 Å².